The molecule has 2 aromatic carbocycles. The van der Waals surface area contributed by atoms with Crippen LogP contribution >= 0.6 is 0 Å². The van der Waals surface area contributed by atoms with E-state index in [1.165, 1.54) is 40.2 Å². The van der Waals surface area contributed by atoms with Crippen LogP contribution in [0.2, 0.25) is 0 Å². The van der Waals surface area contributed by atoms with Crippen LogP contribution in [-0.4, -0.2) is 15.0 Å². The van der Waals surface area contributed by atoms with Gasteiger partial charge in [0.15, 0.2) is 0 Å². The van der Waals surface area contributed by atoms with Crippen molar-refractivity contribution >= 4 is 25.5 Å². The van der Waals surface area contributed by atoms with Crippen LogP contribution < -0.4 is 4.46 Å². The van der Waals surface area contributed by atoms with Gasteiger partial charge in [0.05, 0.1) is 0 Å². The van der Waals surface area contributed by atoms with Crippen molar-refractivity contribution in [2.75, 3.05) is 0 Å². The van der Waals surface area contributed by atoms with Gasteiger partial charge in [-0.15, -0.1) is 0 Å². The second-order valence-electron chi connectivity index (χ2n) is 5.26. The van der Waals surface area contributed by atoms with Gasteiger partial charge in [-0.1, -0.05) is 0 Å². The van der Waals surface area contributed by atoms with E-state index in [2.05, 4.69) is 85.8 Å². The number of hydrogen-bond donors (Lipinski definition) is 0. The molecule has 22 heavy (non-hydrogen) atoms. The van der Waals surface area contributed by atoms with Gasteiger partial charge in [-0.05, 0) is 0 Å². The van der Waals surface area contributed by atoms with Gasteiger partial charge in [0.1, 0.15) is 0 Å². The average Bonchev–Trinajstić information content (AvgIpc) is 2.58. The molecule has 0 aromatic heterocycles. The summed E-state index contributed by atoms with van der Waals surface area (Å²) in [5, 5.41) is 0. The predicted molar refractivity (Wildman–Crippen MR) is 99.5 cm³/mol. The number of hydrogen-bond acceptors (Lipinski definition) is 0. The van der Waals surface area contributed by atoms with Crippen LogP contribution in [0.4, 0.5) is 0 Å². The van der Waals surface area contributed by atoms with E-state index in [0.717, 1.165) is 0 Å². The van der Waals surface area contributed by atoms with Crippen molar-refractivity contribution in [2.24, 2.45) is 0 Å². The molecule has 0 N–H and O–H groups in total. The third-order valence-corrected chi connectivity index (χ3v) is 5.57. The first-order chi connectivity index (χ1) is 10.9. The fraction of sp³-hybridized carbons (Fsp3) is 0.238. The van der Waals surface area contributed by atoms with Crippen molar-refractivity contribution in [2.45, 2.75) is 32.6 Å². The minimum absolute atomic E-state index is 0.388. The molecular formula is C21H24Se. The summed E-state index contributed by atoms with van der Waals surface area (Å²) in [7, 11) is 0. The maximum absolute atomic E-state index is 2.43. The first kappa shape index (κ1) is 16.8. The van der Waals surface area contributed by atoms with Crippen molar-refractivity contribution < 1.29 is 0 Å². The van der Waals surface area contributed by atoms with Gasteiger partial charge in [-0.3, -0.25) is 0 Å². The number of unbranched alkanes of at least 4 members (excludes halogenated alkanes) is 3. The van der Waals surface area contributed by atoms with Gasteiger partial charge in [0.25, 0.3) is 0 Å². The zero-order chi connectivity index (χ0) is 15.5. The summed E-state index contributed by atoms with van der Waals surface area (Å²) in [6, 6.07) is 21.4. The second kappa shape index (κ2) is 10.2. The Morgan fingerprint density at radius 2 is 1.59 bits per heavy atom. The molecule has 0 fully saturated rings. The van der Waals surface area contributed by atoms with E-state index in [1.54, 1.807) is 0 Å². The normalized spacial score (nSPS) is 12.0. The summed E-state index contributed by atoms with van der Waals surface area (Å²) in [4.78, 5) is 0. The molecule has 0 aliphatic heterocycles. The Bertz CT molecular complexity index is 582. The van der Waals surface area contributed by atoms with E-state index in [1.807, 2.05) is 0 Å². The summed E-state index contributed by atoms with van der Waals surface area (Å²) < 4.78 is 2.91. The van der Waals surface area contributed by atoms with Crippen LogP contribution in [0.25, 0.3) is 6.08 Å². The van der Waals surface area contributed by atoms with Crippen LogP contribution in [0.1, 0.15) is 38.2 Å². The zero-order valence-corrected chi connectivity index (χ0v) is 15.0. The quantitative estimate of drug-likeness (QED) is 0.347. The van der Waals surface area contributed by atoms with Crippen molar-refractivity contribution in [1.29, 1.82) is 0 Å². The fourth-order valence-electron chi connectivity index (χ4n) is 2.15. The molecule has 0 aliphatic carbocycles. The maximum atomic E-state index is 2.43. The first-order valence-corrected chi connectivity index (χ1v) is 9.76. The summed E-state index contributed by atoms with van der Waals surface area (Å²) in [5.41, 5.74) is 1.27. The van der Waals surface area contributed by atoms with Crippen LogP contribution in [0.3, 0.4) is 0 Å². The molecule has 1 heteroatoms. The number of rotatable bonds is 8. The molecule has 0 amide bonds. The minimum atomic E-state index is 0.388. The summed E-state index contributed by atoms with van der Waals surface area (Å²) in [5.74, 6) is 0. The fourth-order valence-corrected chi connectivity index (χ4v) is 4.04. The molecule has 2 rings (SSSR count). The van der Waals surface area contributed by atoms with Gasteiger partial charge in [0, 0.05) is 0 Å². The third-order valence-electron chi connectivity index (χ3n) is 3.37. The van der Waals surface area contributed by atoms with E-state index in [4.69, 9.17) is 0 Å². The average molecular weight is 355 g/mol. The van der Waals surface area contributed by atoms with E-state index in [9.17, 15) is 0 Å². The monoisotopic (exact) mass is 356 g/mol. The second-order valence-corrected chi connectivity index (χ2v) is 7.67. The molecule has 0 saturated carbocycles. The van der Waals surface area contributed by atoms with Gasteiger partial charge >= 0.3 is 141 Å². The Hall–Kier alpha value is -1.56. The molecule has 0 saturated heterocycles. The molecule has 0 bridgehead atoms. The molecule has 0 atom stereocenters. The van der Waals surface area contributed by atoms with Gasteiger partial charge in [-0.25, -0.2) is 0 Å². The van der Waals surface area contributed by atoms with Gasteiger partial charge < -0.3 is 0 Å². The van der Waals surface area contributed by atoms with Crippen molar-refractivity contribution in [3.8, 4) is 0 Å². The first-order valence-electron chi connectivity index (χ1n) is 8.04. The SMILES string of the molecule is CCCCC/C=C(/C=C/c1ccccc1)[Se]c1ccccc1. The van der Waals surface area contributed by atoms with E-state index in [0.29, 0.717) is 15.0 Å². The molecule has 114 valence electrons. The molecule has 0 nitrogen and oxygen atoms in total. The van der Waals surface area contributed by atoms with Crippen LogP contribution in [0, 0.1) is 0 Å². The molecule has 2 aromatic rings. The van der Waals surface area contributed by atoms with E-state index >= 15 is 0 Å². The van der Waals surface area contributed by atoms with Crippen LogP contribution in [0.5, 0.6) is 0 Å². The molecule has 0 aliphatic rings. The number of allylic oxidation sites excluding steroid dienone is 3. The Morgan fingerprint density at radius 3 is 2.27 bits per heavy atom. The molecular weight excluding hydrogens is 331 g/mol. The zero-order valence-electron chi connectivity index (χ0n) is 13.2. The summed E-state index contributed by atoms with van der Waals surface area (Å²) >= 11 is 0.388. The summed E-state index contributed by atoms with van der Waals surface area (Å²) in [6.07, 6.45) is 12.1. The standard InChI is InChI=1S/C21H24Se/c1-2-3-4-9-16-21(22-20-14-10-6-11-15-20)18-17-19-12-7-5-8-13-19/h5-8,10-18H,2-4,9H2,1H3/b18-17+,21-16-. The Balaban J connectivity index is 2.05. The predicted octanol–water partition coefficient (Wildman–Crippen LogP) is 5.19. The molecule has 0 spiro atoms. The molecule has 0 unspecified atom stereocenters. The summed E-state index contributed by atoms with van der Waals surface area (Å²) in [6.45, 7) is 2.26. The van der Waals surface area contributed by atoms with E-state index in [-0.39, 0.29) is 0 Å². The Morgan fingerprint density at radius 1 is 0.909 bits per heavy atom. The van der Waals surface area contributed by atoms with Gasteiger partial charge in [0.2, 0.25) is 0 Å². The third kappa shape index (κ3) is 6.47. The van der Waals surface area contributed by atoms with Crippen LogP contribution in [-0.2, 0) is 0 Å². The van der Waals surface area contributed by atoms with Crippen molar-refractivity contribution in [3.05, 3.63) is 82.9 Å². The Kier molecular flexibility index (Phi) is 7.80. The topological polar surface area (TPSA) is 0 Å². The number of benzene rings is 2. The molecule has 0 heterocycles. The van der Waals surface area contributed by atoms with E-state index < -0.39 is 0 Å². The van der Waals surface area contributed by atoms with Crippen molar-refractivity contribution in [1.82, 2.24) is 0 Å². The van der Waals surface area contributed by atoms with Crippen LogP contribution in [0.15, 0.2) is 77.3 Å². The Labute approximate surface area is 141 Å². The van der Waals surface area contributed by atoms with Crippen molar-refractivity contribution in [3.63, 3.8) is 0 Å². The molecule has 0 radical (unpaired) electrons. The van der Waals surface area contributed by atoms with Gasteiger partial charge in [-0.2, -0.15) is 0 Å².